The molecule has 3 nitrogen and oxygen atoms in total. The molecular formula is C14H21ClN2O. The van der Waals surface area contributed by atoms with Gasteiger partial charge in [0.1, 0.15) is 0 Å². The Balaban J connectivity index is 2.20. The van der Waals surface area contributed by atoms with Crippen LogP contribution in [0.4, 0.5) is 5.69 Å². The highest BCUT2D eigenvalue weighted by Crippen LogP contribution is 2.33. The van der Waals surface area contributed by atoms with Gasteiger partial charge in [-0.3, -0.25) is 0 Å². The first-order valence-corrected chi connectivity index (χ1v) is 6.97. The van der Waals surface area contributed by atoms with Crippen molar-refractivity contribution < 1.29 is 5.11 Å². The first kappa shape index (κ1) is 13.7. The van der Waals surface area contributed by atoms with E-state index >= 15 is 0 Å². The van der Waals surface area contributed by atoms with E-state index in [0.29, 0.717) is 12.5 Å². The summed E-state index contributed by atoms with van der Waals surface area (Å²) in [5.74, 6) is 0.561. The lowest BCUT2D eigenvalue weighted by atomic mass is 9.94. The van der Waals surface area contributed by atoms with Crippen LogP contribution in [0.25, 0.3) is 0 Å². The molecule has 1 aromatic rings. The second-order valence-electron chi connectivity index (χ2n) is 4.92. The number of aliphatic hydroxyl groups is 1. The Labute approximate surface area is 114 Å². The second-order valence-corrected chi connectivity index (χ2v) is 5.33. The molecule has 0 aliphatic carbocycles. The Morgan fingerprint density at radius 1 is 1.44 bits per heavy atom. The van der Waals surface area contributed by atoms with E-state index < -0.39 is 0 Å². The van der Waals surface area contributed by atoms with Crippen LogP contribution in [0.1, 0.15) is 24.8 Å². The Morgan fingerprint density at radius 3 is 3.00 bits per heavy atom. The van der Waals surface area contributed by atoms with E-state index in [4.69, 9.17) is 22.4 Å². The zero-order valence-electron chi connectivity index (χ0n) is 10.6. The van der Waals surface area contributed by atoms with Gasteiger partial charge in [0.25, 0.3) is 0 Å². The van der Waals surface area contributed by atoms with Gasteiger partial charge in [-0.2, -0.15) is 0 Å². The molecule has 1 aromatic carbocycles. The lowest BCUT2D eigenvalue weighted by Gasteiger charge is -2.36. The predicted octanol–water partition coefficient (Wildman–Crippen LogP) is 2.40. The molecule has 3 N–H and O–H groups in total. The van der Waals surface area contributed by atoms with Crippen LogP contribution in [0.2, 0.25) is 5.02 Å². The number of nitrogens with two attached hydrogens (primary N) is 1. The van der Waals surface area contributed by atoms with Gasteiger partial charge in [0, 0.05) is 26.2 Å². The highest BCUT2D eigenvalue weighted by atomic mass is 35.5. The fourth-order valence-corrected chi connectivity index (χ4v) is 3.08. The fraction of sp³-hybridized carbons (Fsp3) is 0.571. The summed E-state index contributed by atoms with van der Waals surface area (Å²) in [7, 11) is 0. The van der Waals surface area contributed by atoms with E-state index in [1.165, 1.54) is 6.42 Å². The molecule has 1 aliphatic rings. The molecule has 1 saturated heterocycles. The SMILES string of the molecule is NCc1cccc(Cl)c1N1CCCC(CCO)C1. The first-order valence-electron chi connectivity index (χ1n) is 6.59. The van der Waals surface area contributed by atoms with Crippen LogP contribution in [0, 0.1) is 5.92 Å². The number of rotatable bonds is 4. The minimum atomic E-state index is 0.269. The minimum absolute atomic E-state index is 0.269. The van der Waals surface area contributed by atoms with Crippen molar-refractivity contribution in [3.8, 4) is 0 Å². The molecule has 0 radical (unpaired) electrons. The zero-order chi connectivity index (χ0) is 13.0. The van der Waals surface area contributed by atoms with Crippen LogP contribution >= 0.6 is 11.6 Å². The van der Waals surface area contributed by atoms with E-state index in [0.717, 1.165) is 42.2 Å². The van der Waals surface area contributed by atoms with Crippen molar-refractivity contribution in [2.75, 3.05) is 24.6 Å². The van der Waals surface area contributed by atoms with Crippen molar-refractivity contribution >= 4 is 17.3 Å². The molecule has 1 heterocycles. The Kier molecular flexibility index (Phi) is 4.87. The van der Waals surface area contributed by atoms with Crippen LogP contribution in [-0.4, -0.2) is 24.8 Å². The smallest absolute Gasteiger partial charge is 0.0642 e. The molecular weight excluding hydrogens is 248 g/mol. The molecule has 100 valence electrons. The highest BCUT2D eigenvalue weighted by Gasteiger charge is 2.22. The normalized spacial score (nSPS) is 20.2. The molecule has 0 saturated carbocycles. The maximum absolute atomic E-state index is 9.07. The summed E-state index contributed by atoms with van der Waals surface area (Å²) in [4.78, 5) is 2.33. The summed E-state index contributed by atoms with van der Waals surface area (Å²) >= 11 is 6.32. The fourth-order valence-electron chi connectivity index (χ4n) is 2.77. The van der Waals surface area contributed by atoms with E-state index in [1.54, 1.807) is 0 Å². The number of benzene rings is 1. The summed E-state index contributed by atoms with van der Waals surface area (Å²) in [6.07, 6.45) is 3.22. The van der Waals surface area contributed by atoms with Crippen LogP contribution in [-0.2, 0) is 6.54 Å². The van der Waals surface area contributed by atoms with Crippen molar-refractivity contribution in [3.63, 3.8) is 0 Å². The Hall–Kier alpha value is -0.770. The van der Waals surface area contributed by atoms with Gasteiger partial charge in [0.05, 0.1) is 10.7 Å². The Bertz CT molecular complexity index is 395. The molecule has 0 aromatic heterocycles. The first-order chi connectivity index (χ1) is 8.76. The van der Waals surface area contributed by atoms with Gasteiger partial charge in [-0.05, 0) is 36.8 Å². The van der Waals surface area contributed by atoms with Gasteiger partial charge in [-0.1, -0.05) is 23.7 Å². The van der Waals surface area contributed by atoms with E-state index in [1.807, 2.05) is 18.2 Å². The number of para-hydroxylation sites is 1. The standard InChI is InChI=1S/C14H21ClN2O/c15-13-5-1-4-12(9-16)14(13)17-7-2-3-11(10-17)6-8-18/h1,4-5,11,18H,2-3,6-10,16H2. The van der Waals surface area contributed by atoms with Gasteiger partial charge in [0.2, 0.25) is 0 Å². The molecule has 0 amide bonds. The van der Waals surface area contributed by atoms with Crippen LogP contribution in [0.15, 0.2) is 18.2 Å². The average molecular weight is 269 g/mol. The van der Waals surface area contributed by atoms with Gasteiger partial charge in [-0.15, -0.1) is 0 Å². The van der Waals surface area contributed by atoms with Gasteiger partial charge >= 0.3 is 0 Å². The van der Waals surface area contributed by atoms with Crippen molar-refractivity contribution in [1.29, 1.82) is 0 Å². The van der Waals surface area contributed by atoms with Crippen molar-refractivity contribution in [2.24, 2.45) is 11.7 Å². The third-order valence-electron chi connectivity index (χ3n) is 3.66. The quantitative estimate of drug-likeness (QED) is 0.882. The number of hydrogen-bond donors (Lipinski definition) is 2. The summed E-state index contributed by atoms with van der Waals surface area (Å²) in [5, 5.41) is 9.85. The van der Waals surface area contributed by atoms with Crippen LogP contribution < -0.4 is 10.6 Å². The summed E-state index contributed by atoms with van der Waals surface area (Å²) in [5.41, 5.74) is 7.99. The van der Waals surface area contributed by atoms with Crippen molar-refractivity contribution in [3.05, 3.63) is 28.8 Å². The van der Waals surface area contributed by atoms with E-state index in [2.05, 4.69) is 4.90 Å². The van der Waals surface area contributed by atoms with Gasteiger partial charge < -0.3 is 15.7 Å². The van der Waals surface area contributed by atoms with Crippen molar-refractivity contribution in [2.45, 2.75) is 25.8 Å². The maximum Gasteiger partial charge on any atom is 0.0642 e. The van der Waals surface area contributed by atoms with Crippen molar-refractivity contribution in [1.82, 2.24) is 0 Å². The zero-order valence-corrected chi connectivity index (χ0v) is 11.4. The minimum Gasteiger partial charge on any atom is -0.396 e. The number of piperidine rings is 1. The monoisotopic (exact) mass is 268 g/mol. The molecule has 1 fully saturated rings. The number of anilines is 1. The summed E-state index contributed by atoms with van der Waals surface area (Å²) in [6, 6.07) is 5.91. The third-order valence-corrected chi connectivity index (χ3v) is 3.97. The number of hydrogen-bond acceptors (Lipinski definition) is 3. The predicted molar refractivity (Wildman–Crippen MR) is 76.0 cm³/mol. The number of nitrogens with zero attached hydrogens (tertiary/aromatic N) is 1. The van der Waals surface area contributed by atoms with Crippen LogP contribution in [0.3, 0.4) is 0 Å². The highest BCUT2D eigenvalue weighted by molar-refractivity contribution is 6.33. The van der Waals surface area contributed by atoms with Gasteiger partial charge in [0.15, 0.2) is 0 Å². The number of aliphatic hydroxyl groups excluding tert-OH is 1. The average Bonchev–Trinajstić information content (AvgIpc) is 2.39. The third kappa shape index (κ3) is 2.97. The summed E-state index contributed by atoms with van der Waals surface area (Å²) < 4.78 is 0. The molecule has 0 spiro atoms. The lowest BCUT2D eigenvalue weighted by molar-refractivity contribution is 0.244. The molecule has 1 unspecified atom stereocenters. The molecule has 1 aliphatic heterocycles. The van der Waals surface area contributed by atoms with Gasteiger partial charge in [-0.25, -0.2) is 0 Å². The Morgan fingerprint density at radius 2 is 2.28 bits per heavy atom. The maximum atomic E-state index is 9.07. The largest absolute Gasteiger partial charge is 0.396 e. The molecule has 4 heteroatoms. The topological polar surface area (TPSA) is 49.5 Å². The molecule has 2 rings (SSSR count). The molecule has 18 heavy (non-hydrogen) atoms. The summed E-state index contributed by atoms with van der Waals surface area (Å²) in [6.45, 7) is 2.78. The van der Waals surface area contributed by atoms with Crippen LogP contribution in [0.5, 0.6) is 0 Å². The second kappa shape index (κ2) is 6.41. The molecule has 0 bridgehead atoms. The molecule has 1 atom stereocenters. The lowest BCUT2D eigenvalue weighted by Crippen LogP contribution is -2.36. The van der Waals surface area contributed by atoms with E-state index in [-0.39, 0.29) is 6.61 Å². The van der Waals surface area contributed by atoms with E-state index in [9.17, 15) is 0 Å². The number of halogens is 1.